The fraction of sp³-hybridized carbons (Fsp3) is 0. The molecule has 0 radical (unpaired) electrons. The summed E-state index contributed by atoms with van der Waals surface area (Å²) in [4.78, 5) is 0. The van der Waals surface area contributed by atoms with Gasteiger partial charge in [-0.3, -0.25) is 4.57 Å². The molecule has 70 heavy (non-hydrogen) atoms. The molecule has 8 nitrogen and oxygen atoms in total. The Hall–Kier alpha value is -9.66. The van der Waals surface area contributed by atoms with Crippen LogP contribution < -0.4 is 0 Å². The molecule has 0 N–H and O–H groups in total. The van der Waals surface area contributed by atoms with Crippen LogP contribution in [0.15, 0.2) is 213 Å². The monoisotopic (exact) mass is 895 g/mol. The fourth-order valence-electron chi connectivity index (χ4n) is 11.9. The van der Waals surface area contributed by atoms with Crippen molar-refractivity contribution >= 4 is 142 Å². The minimum atomic E-state index is 0.705. The second-order valence-electron chi connectivity index (χ2n) is 18.5. The number of furan rings is 3. The van der Waals surface area contributed by atoms with Gasteiger partial charge in [0.1, 0.15) is 39.2 Å². The van der Waals surface area contributed by atoms with Crippen molar-refractivity contribution in [3.8, 4) is 17.2 Å². The van der Waals surface area contributed by atoms with Crippen LogP contribution in [-0.4, -0.2) is 23.9 Å². The Morgan fingerprint density at radius 1 is 0.257 bits per heavy atom. The van der Waals surface area contributed by atoms with E-state index in [1.165, 1.54) is 0 Å². The number of benzene rings is 10. The third-order valence-electron chi connectivity index (χ3n) is 14.9. The molecular formula is C62H33N5O3. The molecule has 0 aliphatic rings. The quantitative estimate of drug-likeness (QED) is 0.176. The van der Waals surface area contributed by atoms with E-state index < -0.39 is 0 Å². The molecule has 0 unspecified atom stereocenters. The number of nitrogens with zero attached hydrogens (tertiary/aromatic N) is 5. The van der Waals surface area contributed by atoms with Crippen LogP contribution in [0.5, 0.6) is 0 Å². The predicted molar refractivity (Wildman–Crippen MR) is 284 cm³/mol. The lowest BCUT2D eigenvalue weighted by molar-refractivity contribution is 0.669. The zero-order valence-corrected chi connectivity index (χ0v) is 37.0. The lowest BCUT2D eigenvalue weighted by Crippen LogP contribution is -2.09. The SMILES string of the molecule is c1ccc2c(c1)oc1cc3c4ccccc4n(-c4ccc5nnc(-n6c7ccccc7c7cc8oc9ccccc9c8cc76)c(-n6c7ccccc7c7cc8oc9ccccc9c8cc76)c5c4)c3cc12. The molecule has 0 spiro atoms. The van der Waals surface area contributed by atoms with Gasteiger partial charge in [0.2, 0.25) is 0 Å². The van der Waals surface area contributed by atoms with Crippen LogP contribution in [0.2, 0.25) is 0 Å². The summed E-state index contributed by atoms with van der Waals surface area (Å²) in [6.07, 6.45) is 0. The first-order chi connectivity index (χ1) is 34.7. The van der Waals surface area contributed by atoms with Crippen LogP contribution in [0.4, 0.5) is 0 Å². The van der Waals surface area contributed by atoms with Crippen molar-refractivity contribution in [3.05, 3.63) is 200 Å². The molecule has 0 saturated heterocycles. The summed E-state index contributed by atoms with van der Waals surface area (Å²) < 4.78 is 26.7. The second-order valence-corrected chi connectivity index (χ2v) is 18.5. The Morgan fingerprint density at radius 3 is 1.16 bits per heavy atom. The zero-order valence-electron chi connectivity index (χ0n) is 37.0. The molecular weight excluding hydrogens is 863 g/mol. The Kier molecular flexibility index (Phi) is 6.80. The topological polar surface area (TPSA) is 80.0 Å². The van der Waals surface area contributed by atoms with Crippen LogP contribution in [0.1, 0.15) is 0 Å². The molecule has 0 fully saturated rings. The molecule has 7 aromatic heterocycles. The number of aromatic nitrogens is 5. The minimum absolute atomic E-state index is 0.705. The third-order valence-corrected chi connectivity index (χ3v) is 14.9. The van der Waals surface area contributed by atoms with E-state index in [1.54, 1.807) is 0 Å². The van der Waals surface area contributed by atoms with Gasteiger partial charge in [-0.05, 0) is 91.0 Å². The van der Waals surface area contributed by atoms with Crippen LogP contribution in [0.25, 0.3) is 159 Å². The standard InChI is InChI=1S/C62H33N5O3/c1-7-19-49-35(13-1)41-31-58-44(38-16-4-10-22-55(38)68-58)28-52(41)65(49)34-25-26-48-47(27-34)61(66-50-20-8-2-14-36(50)42-32-59-45(29-53(42)66)39-17-5-11-23-56(39)69-59)62(64-63-48)67-51-21-9-3-15-37(51)43-33-60-46(30-54(43)67)40-18-6-12-24-57(40)70-60/h1-33H. The summed E-state index contributed by atoms with van der Waals surface area (Å²) >= 11 is 0. The molecule has 0 aliphatic carbocycles. The van der Waals surface area contributed by atoms with Gasteiger partial charge in [-0.2, -0.15) is 0 Å². The van der Waals surface area contributed by atoms with Crippen LogP contribution in [-0.2, 0) is 0 Å². The maximum atomic E-state index is 6.55. The first kappa shape index (κ1) is 36.5. The Balaban J connectivity index is 1.05. The van der Waals surface area contributed by atoms with Gasteiger partial charge in [0, 0.05) is 75.7 Å². The Labute approximate surface area is 395 Å². The van der Waals surface area contributed by atoms with E-state index in [0.29, 0.717) is 5.82 Å². The summed E-state index contributed by atoms with van der Waals surface area (Å²) in [6, 6.07) is 70.9. The molecule has 0 bridgehead atoms. The Bertz CT molecular complexity index is 5150. The van der Waals surface area contributed by atoms with E-state index in [4.69, 9.17) is 23.4 Å². The van der Waals surface area contributed by atoms with E-state index in [2.05, 4.69) is 177 Å². The summed E-state index contributed by atoms with van der Waals surface area (Å²) in [5, 5.41) is 24.5. The number of hydrogen-bond acceptors (Lipinski definition) is 5. The van der Waals surface area contributed by atoms with Gasteiger partial charge in [0.05, 0.1) is 38.6 Å². The average Bonchev–Trinajstić information content (AvgIpc) is 4.25. The van der Waals surface area contributed by atoms with Gasteiger partial charge in [-0.15, -0.1) is 10.2 Å². The molecule has 8 heteroatoms. The molecule has 0 amide bonds. The molecule has 0 aliphatic heterocycles. The number of rotatable bonds is 3. The number of para-hydroxylation sites is 6. The van der Waals surface area contributed by atoms with E-state index in [-0.39, 0.29) is 0 Å². The highest BCUT2D eigenvalue weighted by atomic mass is 16.3. The van der Waals surface area contributed by atoms with Crippen molar-refractivity contribution in [1.82, 2.24) is 23.9 Å². The molecule has 0 saturated carbocycles. The van der Waals surface area contributed by atoms with E-state index in [1.807, 2.05) is 36.4 Å². The summed E-state index contributed by atoms with van der Waals surface area (Å²) in [5.41, 5.74) is 14.1. The van der Waals surface area contributed by atoms with Crippen molar-refractivity contribution in [3.63, 3.8) is 0 Å². The molecule has 0 atom stereocenters. The van der Waals surface area contributed by atoms with Gasteiger partial charge in [-0.1, -0.05) is 109 Å². The van der Waals surface area contributed by atoms with E-state index >= 15 is 0 Å². The van der Waals surface area contributed by atoms with E-state index in [9.17, 15) is 0 Å². The van der Waals surface area contributed by atoms with Crippen molar-refractivity contribution in [2.24, 2.45) is 0 Å². The van der Waals surface area contributed by atoms with Crippen LogP contribution >= 0.6 is 0 Å². The first-order valence-corrected chi connectivity index (χ1v) is 23.6. The first-order valence-electron chi connectivity index (χ1n) is 23.6. The summed E-state index contributed by atoms with van der Waals surface area (Å²) in [6.45, 7) is 0. The molecule has 7 heterocycles. The lowest BCUT2D eigenvalue weighted by atomic mass is 10.1. The number of hydrogen-bond donors (Lipinski definition) is 0. The highest BCUT2D eigenvalue weighted by Gasteiger charge is 2.26. The highest BCUT2D eigenvalue weighted by molar-refractivity contribution is 6.21. The normalized spacial score (nSPS) is 12.6. The molecule has 10 aromatic carbocycles. The lowest BCUT2D eigenvalue weighted by Gasteiger charge is -2.18. The van der Waals surface area contributed by atoms with Crippen LogP contribution in [0, 0.1) is 0 Å². The summed E-state index contributed by atoms with van der Waals surface area (Å²) in [5.74, 6) is 0.705. The molecule has 17 rings (SSSR count). The van der Waals surface area contributed by atoms with Gasteiger partial charge < -0.3 is 22.4 Å². The largest absolute Gasteiger partial charge is 0.456 e. The van der Waals surface area contributed by atoms with Gasteiger partial charge in [0.25, 0.3) is 0 Å². The highest BCUT2D eigenvalue weighted by Crippen LogP contribution is 2.45. The van der Waals surface area contributed by atoms with Crippen LogP contribution in [0.3, 0.4) is 0 Å². The number of fused-ring (bicyclic) bond motifs is 19. The van der Waals surface area contributed by atoms with Gasteiger partial charge in [-0.25, -0.2) is 0 Å². The van der Waals surface area contributed by atoms with Gasteiger partial charge in [0.15, 0.2) is 5.82 Å². The minimum Gasteiger partial charge on any atom is -0.456 e. The van der Waals surface area contributed by atoms with E-state index in [0.717, 1.165) is 154 Å². The van der Waals surface area contributed by atoms with Crippen molar-refractivity contribution in [2.75, 3.05) is 0 Å². The Morgan fingerprint density at radius 2 is 0.657 bits per heavy atom. The van der Waals surface area contributed by atoms with Crippen molar-refractivity contribution in [1.29, 1.82) is 0 Å². The summed E-state index contributed by atoms with van der Waals surface area (Å²) in [7, 11) is 0. The third kappa shape index (κ3) is 4.69. The van der Waals surface area contributed by atoms with Crippen molar-refractivity contribution in [2.45, 2.75) is 0 Å². The zero-order chi connectivity index (χ0) is 45.3. The molecule has 324 valence electrons. The smallest absolute Gasteiger partial charge is 0.185 e. The maximum absolute atomic E-state index is 6.55. The maximum Gasteiger partial charge on any atom is 0.185 e. The average molecular weight is 896 g/mol. The van der Waals surface area contributed by atoms with Gasteiger partial charge >= 0.3 is 0 Å². The fourth-order valence-corrected chi connectivity index (χ4v) is 11.9. The molecule has 17 aromatic rings. The van der Waals surface area contributed by atoms with Crippen molar-refractivity contribution < 1.29 is 13.3 Å². The second kappa shape index (κ2) is 13.1. The predicted octanol–water partition coefficient (Wildman–Crippen LogP) is 16.6.